The fourth-order valence-electron chi connectivity index (χ4n) is 4.55. The zero-order valence-corrected chi connectivity index (χ0v) is 21.0. The first kappa shape index (κ1) is 24.8. The molecular weight excluding hydrogens is 503 g/mol. The molecule has 1 aliphatic heterocycles. The van der Waals surface area contributed by atoms with Gasteiger partial charge >= 0.3 is 0 Å². The van der Waals surface area contributed by atoms with Crippen LogP contribution in [0.4, 0.5) is 15.8 Å². The standard InChI is InChI=1S/C26H24ClFN4O5/c1-26(13-35-2)25(34)31-19-12-30-23-16(9-10-29-23)21(19)32(26)24(33)15-8-7-14(11-17(15)27)37-22-18(28)5-4-6-20(22)36-3/h4-12,24,33H,13H2,1-3H3,(H,29,30)(H,31,34). The molecule has 192 valence electrons. The van der Waals surface area contributed by atoms with Gasteiger partial charge in [-0.05, 0) is 43.3 Å². The zero-order chi connectivity index (χ0) is 26.3. The molecule has 2 unspecified atom stereocenters. The molecule has 9 nitrogen and oxygen atoms in total. The summed E-state index contributed by atoms with van der Waals surface area (Å²) in [6, 6.07) is 10.7. The van der Waals surface area contributed by atoms with Crippen molar-refractivity contribution in [3.63, 3.8) is 0 Å². The Morgan fingerprint density at radius 2 is 2.05 bits per heavy atom. The van der Waals surface area contributed by atoms with Crippen LogP contribution in [0.2, 0.25) is 5.02 Å². The second kappa shape index (κ2) is 9.55. The second-order valence-corrected chi connectivity index (χ2v) is 9.13. The number of carbonyl (C=O) groups is 1. The first-order chi connectivity index (χ1) is 17.8. The summed E-state index contributed by atoms with van der Waals surface area (Å²) in [5.41, 5.74) is 0.586. The number of para-hydroxylation sites is 1. The number of nitrogens with zero attached hydrogens (tertiary/aromatic N) is 2. The zero-order valence-electron chi connectivity index (χ0n) is 20.2. The van der Waals surface area contributed by atoms with Gasteiger partial charge in [-0.15, -0.1) is 0 Å². The van der Waals surface area contributed by atoms with Crippen LogP contribution in [0.15, 0.2) is 54.9 Å². The van der Waals surface area contributed by atoms with Crippen molar-refractivity contribution < 1.29 is 28.5 Å². The van der Waals surface area contributed by atoms with E-state index in [1.54, 1.807) is 36.2 Å². The van der Waals surface area contributed by atoms with Gasteiger partial charge in [-0.25, -0.2) is 9.37 Å². The Bertz CT molecular complexity index is 1500. The number of carbonyl (C=O) groups excluding carboxylic acids is 1. The van der Waals surface area contributed by atoms with Gasteiger partial charge in [0.2, 0.25) is 5.75 Å². The summed E-state index contributed by atoms with van der Waals surface area (Å²) in [6.45, 7) is 1.65. The highest BCUT2D eigenvalue weighted by molar-refractivity contribution is 6.31. The Labute approximate surface area is 216 Å². The molecule has 0 aliphatic carbocycles. The van der Waals surface area contributed by atoms with Crippen molar-refractivity contribution in [2.24, 2.45) is 0 Å². The number of ether oxygens (including phenoxy) is 3. The number of H-pyrrole nitrogens is 1. The highest BCUT2D eigenvalue weighted by Gasteiger charge is 2.48. The van der Waals surface area contributed by atoms with Crippen molar-refractivity contribution in [2.75, 3.05) is 31.0 Å². The third kappa shape index (κ3) is 4.12. The van der Waals surface area contributed by atoms with Gasteiger partial charge in [-0.2, -0.15) is 0 Å². The van der Waals surface area contributed by atoms with Gasteiger partial charge in [0.15, 0.2) is 17.8 Å². The summed E-state index contributed by atoms with van der Waals surface area (Å²) in [7, 11) is 2.89. The lowest BCUT2D eigenvalue weighted by molar-refractivity contribution is -0.124. The van der Waals surface area contributed by atoms with E-state index >= 15 is 0 Å². The second-order valence-electron chi connectivity index (χ2n) is 8.72. The van der Waals surface area contributed by atoms with Gasteiger partial charge in [0, 0.05) is 24.3 Å². The number of benzene rings is 2. The fraction of sp³-hybridized carbons (Fsp3) is 0.231. The number of pyridine rings is 1. The van der Waals surface area contributed by atoms with Crippen LogP contribution in [0.3, 0.4) is 0 Å². The lowest BCUT2D eigenvalue weighted by atomic mass is 9.92. The molecule has 2 aromatic carbocycles. The van der Waals surface area contributed by atoms with E-state index in [1.165, 1.54) is 38.6 Å². The molecule has 37 heavy (non-hydrogen) atoms. The molecule has 0 bridgehead atoms. The van der Waals surface area contributed by atoms with Gasteiger partial charge in [0.1, 0.15) is 16.9 Å². The summed E-state index contributed by atoms with van der Waals surface area (Å²) in [6.07, 6.45) is 1.89. The van der Waals surface area contributed by atoms with Crippen LogP contribution in [0.5, 0.6) is 17.2 Å². The van der Waals surface area contributed by atoms with Crippen LogP contribution >= 0.6 is 11.6 Å². The van der Waals surface area contributed by atoms with E-state index in [9.17, 15) is 14.3 Å². The first-order valence-electron chi connectivity index (χ1n) is 11.3. The van der Waals surface area contributed by atoms with Crippen LogP contribution in [-0.2, 0) is 9.53 Å². The summed E-state index contributed by atoms with van der Waals surface area (Å²) in [4.78, 5) is 22.2. The molecular formula is C26H24ClFN4O5. The minimum Gasteiger partial charge on any atom is -0.493 e. The fourth-order valence-corrected chi connectivity index (χ4v) is 4.82. The van der Waals surface area contributed by atoms with E-state index in [2.05, 4.69) is 15.3 Å². The molecule has 2 aromatic heterocycles. The van der Waals surface area contributed by atoms with Gasteiger partial charge in [-0.3, -0.25) is 4.79 Å². The first-order valence-corrected chi connectivity index (χ1v) is 11.7. The topological polar surface area (TPSA) is 109 Å². The average molecular weight is 527 g/mol. The average Bonchev–Trinajstić information content (AvgIpc) is 3.35. The van der Waals surface area contributed by atoms with Crippen molar-refractivity contribution in [3.05, 3.63) is 71.3 Å². The van der Waals surface area contributed by atoms with Crippen molar-refractivity contribution in [1.82, 2.24) is 9.97 Å². The molecule has 2 atom stereocenters. The van der Waals surface area contributed by atoms with Gasteiger partial charge in [-0.1, -0.05) is 17.7 Å². The molecule has 0 spiro atoms. The lowest BCUT2D eigenvalue weighted by Crippen LogP contribution is -2.61. The number of hydrogen-bond acceptors (Lipinski definition) is 7. The minimum atomic E-state index is -1.37. The van der Waals surface area contributed by atoms with Crippen LogP contribution in [0.25, 0.3) is 11.0 Å². The Morgan fingerprint density at radius 3 is 2.78 bits per heavy atom. The highest BCUT2D eigenvalue weighted by Crippen LogP contribution is 2.46. The molecule has 0 radical (unpaired) electrons. The summed E-state index contributed by atoms with van der Waals surface area (Å²) in [5, 5.41) is 15.4. The van der Waals surface area contributed by atoms with E-state index in [-0.39, 0.29) is 34.8 Å². The quantitative estimate of drug-likeness (QED) is 0.310. The predicted octanol–water partition coefficient (Wildman–Crippen LogP) is 5.01. The summed E-state index contributed by atoms with van der Waals surface area (Å²) in [5.74, 6) is -0.616. The SMILES string of the molecule is COCC1(C)C(=O)Nc2cnc3[nH]ccc3c2N1C(O)c1ccc(Oc2c(F)cccc2OC)cc1Cl. The Balaban J connectivity index is 1.58. The monoisotopic (exact) mass is 526 g/mol. The van der Waals surface area contributed by atoms with Crippen LogP contribution < -0.4 is 19.7 Å². The van der Waals surface area contributed by atoms with E-state index in [4.69, 9.17) is 25.8 Å². The van der Waals surface area contributed by atoms with Crippen LogP contribution in [0, 0.1) is 5.82 Å². The maximum absolute atomic E-state index is 14.4. The third-order valence-corrected chi connectivity index (χ3v) is 6.69. The largest absolute Gasteiger partial charge is 0.493 e. The number of methoxy groups -OCH3 is 2. The van der Waals surface area contributed by atoms with E-state index in [1.807, 2.05) is 6.07 Å². The van der Waals surface area contributed by atoms with Gasteiger partial charge in [0.05, 0.1) is 36.3 Å². The van der Waals surface area contributed by atoms with E-state index in [0.717, 1.165) is 0 Å². The van der Waals surface area contributed by atoms with Crippen LogP contribution in [0.1, 0.15) is 18.7 Å². The van der Waals surface area contributed by atoms with E-state index in [0.29, 0.717) is 28.0 Å². The normalized spacial score (nSPS) is 17.9. The summed E-state index contributed by atoms with van der Waals surface area (Å²) >= 11 is 6.61. The van der Waals surface area contributed by atoms with Crippen molar-refractivity contribution >= 4 is 39.9 Å². The molecule has 4 aromatic rings. The Morgan fingerprint density at radius 1 is 1.24 bits per heavy atom. The van der Waals surface area contributed by atoms with Crippen LogP contribution in [-0.4, -0.2) is 47.3 Å². The molecule has 11 heteroatoms. The third-order valence-electron chi connectivity index (χ3n) is 6.36. The van der Waals surface area contributed by atoms with Crippen molar-refractivity contribution in [2.45, 2.75) is 18.7 Å². The molecule has 5 rings (SSSR count). The highest BCUT2D eigenvalue weighted by atomic mass is 35.5. The molecule has 0 saturated carbocycles. The number of rotatable bonds is 7. The maximum Gasteiger partial charge on any atom is 0.252 e. The number of anilines is 2. The molecule has 3 N–H and O–H groups in total. The number of aliphatic hydroxyl groups excluding tert-OH is 1. The number of nitrogens with one attached hydrogen (secondary N) is 2. The number of halogens is 2. The molecule has 1 amide bonds. The molecule has 0 fully saturated rings. The number of fused-ring (bicyclic) bond motifs is 3. The molecule has 1 aliphatic rings. The molecule has 3 heterocycles. The smallest absolute Gasteiger partial charge is 0.252 e. The maximum atomic E-state index is 14.4. The van der Waals surface area contributed by atoms with Crippen molar-refractivity contribution in [1.29, 1.82) is 0 Å². The Hall–Kier alpha value is -3.86. The number of aromatic amines is 1. The predicted molar refractivity (Wildman–Crippen MR) is 137 cm³/mol. The number of aromatic nitrogens is 2. The minimum absolute atomic E-state index is 0.0184. The van der Waals surface area contributed by atoms with Gasteiger partial charge < -0.3 is 34.5 Å². The van der Waals surface area contributed by atoms with E-state index < -0.39 is 17.6 Å². The lowest BCUT2D eigenvalue weighted by Gasteiger charge is -2.47. The van der Waals surface area contributed by atoms with Gasteiger partial charge in [0.25, 0.3) is 5.91 Å². The molecule has 0 saturated heterocycles. The summed E-state index contributed by atoms with van der Waals surface area (Å²) < 4.78 is 30.7. The van der Waals surface area contributed by atoms with Crippen molar-refractivity contribution in [3.8, 4) is 17.2 Å². The Kier molecular flexibility index (Phi) is 6.40. The number of hydrogen-bond donors (Lipinski definition) is 3. The number of aliphatic hydroxyl groups is 1. The number of amides is 1.